The zero-order chi connectivity index (χ0) is 25.3. The molecule has 4 rings (SSSR count). The Kier molecular flexibility index (Phi) is 8.91. The largest absolute Gasteiger partial charge is 0.383 e. The van der Waals surface area contributed by atoms with E-state index < -0.39 is 0 Å². The lowest BCUT2D eigenvalue weighted by molar-refractivity contribution is -0.121. The summed E-state index contributed by atoms with van der Waals surface area (Å²) in [5.41, 5.74) is 2.66. The maximum absolute atomic E-state index is 13.3. The van der Waals surface area contributed by atoms with Crippen molar-refractivity contribution in [3.8, 4) is 0 Å². The number of aromatic nitrogens is 4. The van der Waals surface area contributed by atoms with E-state index in [-0.39, 0.29) is 11.8 Å². The van der Waals surface area contributed by atoms with E-state index in [0.29, 0.717) is 36.6 Å². The molecule has 0 aliphatic heterocycles. The second-order valence-electron chi connectivity index (χ2n) is 8.59. The summed E-state index contributed by atoms with van der Waals surface area (Å²) in [6.45, 7) is 6.34. The highest BCUT2D eigenvalue weighted by atomic mass is 32.2. The molecule has 36 heavy (non-hydrogen) atoms. The molecule has 188 valence electrons. The van der Waals surface area contributed by atoms with Gasteiger partial charge in [0.1, 0.15) is 5.82 Å². The topological polar surface area (TPSA) is 94.0 Å². The van der Waals surface area contributed by atoms with Gasteiger partial charge in [-0.15, -0.1) is 0 Å². The summed E-state index contributed by atoms with van der Waals surface area (Å²) in [4.78, 5) is 22.8. The third kappa shape index (κ3) is 6.41. The Morgan fingerprint density at radius 1 is 1.00 bits per heavy atom. The van der Waals surface area contributed by atoms with Gasteiger partial charge < -0.3 is 15.4 Å². The molecule has 0 aliphatic rings. The summed E-state index contributed by atoms with van der Waals surface area (Å²) >= 11 is 1.60. The van der Waals surface area contributed by atoms with Crippen molar-refractivity contribution in [1.82, 2.24) is 25.1 Å². The van der Waals surface area contributed by atoms with Crippen LogP contribution in [0.25, 0.3) is 11.0 Å². The number of carbonyl (C=O) groups excluding carboxylic acids is 1. The van der Waals surface area contributed by atoms with E-state index in [2.05, 4.69) is 34.6 Å². The standard InChI is InChI=1S/C27H32N6O2S/c1-19(2)36-27-31-24(28-15-17-35-3)22-18-30-33(25(22)32-27)16-14-29-26(34)23(20-10-6-4-7-11-20)21-12-8-5-9-13-21/h4-13,18-19,23H,14-17H2,1-3H3,(H,29,34)(H,28,31,32). The van der Waals surface area contributed by atoms with Gasteiger partial charge in [0, 0.05) is 25.4 Å². The summed E-state index contributed by atoms with van der Waals surface area (Å²) < 4.78 is 6.98. The van der Waals surface area contributed by atoms with Crippen LogP contribution >= 0.6 is 11.8 Å². The van der Waals surface area contributed by atoms with Gasteiger partial charge in [-0.25, -0.2) is 14.6 Å². The predicted octanol–water partition coefficient (Wildman–Crippen LogP) is 4.33. The van der Waals surface area contributed by atoms with Crippen LogP contribution in [0.4, 0.5) is 5.82 Å². The van der Waals surface area contributed by atoms with Crippen molar-refractivity contribution in [2.45, 2.75) is 36.7 Å². The first kappa shape index (κ1) is 25.7. The molecule has 0 atom stereocenters. The van der Waals surface area contributed by atoms with Crippen molar-refractivity contribution in [2.75, 3.05) is 32.1 Å². The van der Waals surface area contributed by atoms with Crippen LogP contribution < -0.4 is 10.6 Å². The smallest absolute Gasteiger partial charge is 0.232 e. The van der Waals surface area contributed by atoms with Crippen molar-refractivity contribution in [1.29, 1.82) is 0 Å². The molecule has 0 radical (unpaired) electrons. The van der Waals surface area contributed by atoms with Crippen molar-refractivity contribution >= 4 is 34.5 Å². The van der Waals surface area contributed by atoms with E-state index in [0.717, 1.165) is 28.0 Å². The number of nitrogens with zero attached hydrogens (tertiary/aromatic N) is 4. The highest BCUT2D eigenvalue weighted by Gasteiger charge is 2.22. The number of nitrogens with one attached hydrogen (secondary N) is 2. The number of thioether (sulfide) groups is 1. The molecule has 2 N–H and O–H groups in total. The lowest BCUT2D eigenvalue weighted by atomic mass is 9.90. The average molecular weight is 505 g/mol. The number of hydrogen-bond donors (Lipinski definition) is 2. The number of hydrogen-bond acceptors (Lipinski definition) is 7. The first-order valence-electron chi connectivity index (χ1n) is 12.1. The van der Waals surface area contributed by atoms with Gasteiger partial charge in [0.15, 0.2) is 10.8 Å². The minimum absolute atomic E-state index is 0.0449. The molecule has 1 amide bonds. The minimum atomic E-state index is -0.380. The van der Waals surface area contributed by atoms with Crippen molar-refractivity contribution in [3.63, 3.8) is 0 Å². The highest BCUT2D eigenvalue weighted by molar-refractivity contribution is 7.99. The molecule has 4 aromatic rings. The van der Waals surface area contributed by atoms with Crippen molar-refractivity contribution < 1.29 is 9.53 Å². The van der Waals surface area contributed by atoms with Crippen LogP contribution in [0.1, 0.15) is 30.9 Å². The SMILES string of the molecule is COCCNc1nc(SC(C)C)nc2c1cnn2CCNC(=O)C(c1ccccc1)c1ccccc1. The number of carbonyl (C=O) groups is 1. The molecule has 0 fully saturated rings. The number of ether oxygens (including phenoxy) is 1. The lowest BCUT2D eigenvalue weighted by Gasteiger charge is -2.18. The third-order valence-electron chi connectivity index (χ3n) is 5.57. The molecule has 2 aromatic heterocycles. The van der Waals surface area contributed by atoms with E-state index in [9.17, 15) is 4.79 Å². The van der Waals surface area contributed by atoms with Crippen LogP contribution in [-0.2, 0) is 16.1 Å². The average Bonchev–Trinajstić information content (AvgIpc) is 3.28. The normalized spacial score (nSPS) is 11.4. The molecule has 0 saturated carbocycles. The van der Waals surface area contributed by atoms with Crippen LogP contribution in [0.15, 0.2) is 72.0 Å². The molecule has 9 heteroatoms. The Morgan fingerprint density at radius 3 is 2.28 bits per heavy atom. The second-order valence-corrected chi connectivity index (χ2v) is 10.1. The fraction of sp³-hybridized carbons (Fsp3) is 0.333. The maximum Gasteiger partial charge on any atom is 0.232 e. The van der Waals surface area contributed by atoms with Gasteiger partial charge >= 0.3 is 0 Å². The number of fused-ring (bicyclic) bond motifs is 1. The van der Waals surface area contributed by atoms with Crippen molar-refractivity contribution in [2.24, 2.45) is 0 Å². The Balaban J connectivity index is 1.51. The van der Waals surface area contributed by atoms with Crippen LogP contribution in [0.3, 0.4) is 0 Å². The summed E-state index contributed by atoms with van der Waals surface area (Å²) in [6, 6.07) is 19.7. The van der Waals surface area contributed by atoms with Crippen molar-refractivity contribution in [3.05, 3.63) is 78.0 Å². The second kappa shape index (κ2) is 12.5. The van der Waals surface area contributed by atoms with E-state index in [1.807, 2.05) is 65.3 Å². The Morgan fingerprint density at radius 2 is 1.67 bits per heavy atom. The first-order chi connectivity index (χ1) is 17.6. The molecule has 2 aromatic carbocycles. The Bertz CT molecular complexity index is 1220. The molecule has 0 unspecified atom stereocenters. The molecule has 8 nitrogen and oxygen atoms in total. The van der Waals surface area contributed by atoms with Gasteiger partial charge in [-0.05, 0) is 11.1 Å². The van der Waals surface area contributed by atoms with Gasteiger partial charge in [0.2, 0.25) is 5.91 Å². The minimum Gasteiger partial charge on any atom is -0.383 e. The summed E-state index contributed by atoms with van der Waals surface area (Å²) in [5, 5.41) is 12.9. The Labute approximate surface area is 215 Å². The van der Waals surface area contributed by atoms with Crippen LogP contribution in [-0.4, -0.2) is 57.7 Å². The quantitative estimate of drug-likeness (QED) is 0.168. The van der Waals surface area contributed by atoms with Gasteiger partial charge in [0.05, 0.1) is 30.7 Å². The molecular weight excluding hydrogens is 472 g/mol. The molecule has 0 saturated heterocycles. The Hall–Kier alpha value is -3.43. The van der Waals surface area contributed by atoms with Crippen LogP contribution in [0.2, 0.25) is 0 Å². The zero-order valence-corrected chi connectivity index (χ0v) is 21.7. The van der Waals surface area contributed by atoms with E-state index in [1.165, 1.54) is 0 Å². The lowest BCUT2D eigenvalue weighted by Crippen LogP contribution is -2.32. The molecule has 0 spiro atoms. The van der Waals surface area contributed by atoms with Crippen LogP contribution in [0.5, 0.6) is 0 Å². The fourth-order valence-corrected chi connectivity index (χ4v) is 4.65. The number of anilines is 1. The molecule has 2 heterocycles. The van der Waals surface area contributed by atoms with E-state index in [1.54, 1.807) is 25.1 Å². The monoisotopic (exact) mass is 504 g/mol. The highest BCUT2D eigenvalue weighted by Crippen LogP contribution is 2.27. The van der Waals surface area contributed by atoms with Gasteiger partial charge in [-0.3, -0.25) is 4.79 Å². The van der Waals surface area contributed by atoms with Gasteiger partial charge in [-0.2, -0.15) is 5.10 Å². The zero-order valence-electron chi connectivity index (χ0n) is 20.8. The summed E-state index contributed by atoms with van der Waals surface area (Å²) in [6.07, 6.45) is 1.77. The van der Waals surface area contributed by atoms with E-state index >= 15 is 0 Å². The maximum atomic E-state index is 13.3. The van der Waals surface area contributed by atoms with Gasteiger partial charge in [0.25, 0.3) is 0 Å². The number of rotatable bonds is 12. The number of amides is 1. The summed E-state index contributed by atoms with van der Waals surface area (Å²) in [5.74, 6) is 0.315. The summed E-state index contributed by atoms with van der Waals surface area (Å²) in [7, 11) is 1.67. The number of benzene rings is 2. The molecular formula is C27H32N6O2S. The first-order valence-corrected chi connectivity index (χ1v) is 13.0. The third-order valence-corrected chi connectivity index (χ3v) is 6.43. The molecule has 0 aliphatic carbocycles. The van der Waals surface area contributed by atoms with Gasteiger partial charge in [-0.1, -0.05) is 86.3 Å². The van der Waals surface area contributed by atoms with Crippen LogP contribution in [0, 0.1) is 0 Å². The number of methoxy groups -OCH3 is 1. The molecule has 0 bridgehead atoms. The predicted molar refractivity (Wildman–Crippen MR) is 144 cm³/mol. The van der Waals surface area contributed by atoms with E-state index in [4.69, 9.17) is 9.72 Å². The fourth-order valence-electron chi connectivity index (χ4n) is 3.94.